The molecule has 32 heavy (non-hydrogen) atoms. The predicted molar refractivity (Wildman–Crippen MR) is 123 cm³/mol. The molecule has 0 radical (unpaired) electrons. The maximum Gasteiger partial charge on any atom is 0.275 e. The van der Waals surface area contributed by atoms with Crippen LogP contribution in [0.25, 0.3) is 4.96 Å². The molecule has 1 saturated heterocycles. The average Bonchev–Trinajstić information content (AvgIpc) is 3.23. The minimum Gasteiger partial charge on any atom is -0.497 e. The summed E-state index contributed by atoms with van der Waals surface area (Å²) >= 11 is 1.38. The first kappa shape index (κ1) is 22.1. The molecular formula is C22H27N5O4S. The van der Waals surface area contributed by atoms with Crippen LogP contribution in [0.1, 0.15) is 24.1 Å². The van der Waals surface area contributed by atoms with Crippen molar-refractivity contribution in [2.24, 2.45) is 5.92 Å². The van der Waals surface area contributed by atoms with Gasteiger partial charge in [0.25, 0.3) is 5.56 Å². The Morgan fingerprint density at radius 1 is 1.28 bits per heavy atom. The van der Waals surface area contributed by atoms with Crippen LogP contribution in [0.2, 0.25) is 0 Å². The van der Waals surface area contributed by atoms with E-state index in [0.29, 0.717) is 30.2 Å². The molecule has 1 aromatic carbocycles. The number of carbonyl (C=O) groups is 1. The first-order valence-corrected chi connectivity index (χ1v) is 11.4. The van der Waals surface area contributed by atoms with E-state index in [1.165, 1.54) is 21.9 Å². The third-order valence-electron chi connectivity index (χ3n) is 5.61. The zero-order chi connectivity index (χ0) is 22.7. The van der Waals surface area contributed by atoms with Gasteiger partial charge in [0.2, 0.25) is 16.0 Å². The van der Waals surface area contributed by atoms with Crippen LogP contribution in [-0.2, 0) is 11.2 Å². The highest BCUT2D eigenvalue weighted by atomic mass is 32.1. The van der Waals surface area contributed by atoms with Crippen LogP contribution in [0.4, 0.5) is 5.13 Å². The first-order valence-electron chi connectivity index (χ1n) is 10.6. The summed E-state index contributed by atoms with van der Waals surface area (Å²) in [4.78, 5) is 32.0. The number of methoxy groups -OCH3 is 2. The molecular weight excluding hydrogens is 430 g/mol. The molecule has 1 aliphatic heterocycles. The smallest absolute Gasteiger partial charge is 0.275 e. The number of amides is 1. The third-order valence-corrected chi connectivity index (χ3v) is 6.58. The van der Waals surface area contributed by atoms with Crippen molar-refractivity contribution in [1.29, 1.82) is 0 Å². The Labute approximate surface area is 190 Å². The van der Waals surface area contributed by atoms with Gasteiger partial charge in [0.05, 0.1) is 20.1 Å². The minimum absolute atomic E-state index is 0.0313. The second-order valence-electron chi connectivity index (χ2n) is 7.82. The molecule has 1 amide bonds. The largest absolute Gasteiger partial charge is 0.497 e. The number of aromatic nitrogens is 3. The highest BCUT2D eigenvalue weighted by Crippen LogP contribution is 2.27. The normalized spacial score (nSPS) is 16.2. The molecule has 0 spiro atoms. The van der Waals surface area contributed by atoms with E-state index in [0.717, 1.165) is 41.6 Å². The summed E-state index contributed by atoms with van der Waals surface area (Å²) in [5, 5.41) is 8.22. The van der Waals surface area contributed by atoms with Gasteiger partial charge in [0, 0.05) is 31.4 Å². The van der Waals surface area contributed by atoms with Gasteiger partial charge in [0.1, 0.15) is 11.5 Å². The lowest BCUT2D eigenvalue weighted by Crippen LogP contribution is -2.43. The van der Waals surface area contributed by atoms with Crippen LogP contribution in [0, 0.1) is 12.8 Å². The standard InChI is InChI=1S/C22H27N5O4S/c1-14-11-19(28)27-21(24-14)32-22(25-27)26-10-4-5-16(13-26)20(29)23-9-8-15-12-17(30-2)6-7-18(15)31-3/h6-7,11-12,16H,4-5,8-10,13H2,1-3H3,(H,23,29)/t16-/m0/s1. The van der Waals surface area contributed by atoms with Crippen molar-refractivity contribution >= 4 is 27.3 Å². The number of anilines is 1. The van der Waals surface area contributed by atoms with Crippen molar-refractivity contribution in [2.75, 3.05) is 38.8 Å². The van der Waals surface area contributed by atoms with Crippen LogP contribution < -0.4 is 25.2 Å². The summed E-state index contributed by atoms with van der Waals surface area (Å²) in [6, 6.07) is 7.12. The van der Waals surface area contributed by atoms with Gasteiger partial charge in [-0.3, -0.25) is 9.59 Å². The highest BCUT2D eigenvalue weighted by Gasteiger charge is 2.27. The Bertz CT molecular complexity index is 1170. The number of piperidine rings is 1. The van der Waals surface area contributed by atoms with E-state index >= 15 is 0 Å². The van der Waals surface area contributed by atoms with Crippen molar-refractivity contribution in [3.63, 3.8) is 0 Å². The number of ether oxygens (including phenoxy) is 2. The number of rotatable bonds is 7. The first-order chi connectivity index (χ1) is 15.5. The van der Waals surface area contributed by atoms with Gasteiger partial charge in [-0.05, 0) is 49.9 Å². The van der Waals surface area contributed by atoms with Crippen molar-refractivity contribution in [3.05, 3.63) is 45.9 Å². The van der Waals surface area contributed by atoms with E-state index in [-0.39, 0.29) is 17.4 Å². The number of nitrogens with one attached hydrogen (secondary N) is 1. The van der Waals surface area contributed by atoms with E-state index in [4.69, 9.17) is 9.47 Å². The molecule has 3 aromatic rings. The molecule has 0 saturated carbocycles. The summed E-state index contributed by atoms with van der Waals surface area (Å²) in [6.07, 6.45) is 2.36. The number of nitrogens with zero attached hydrogens (tertiary/aromatic N) is 4. The molecule has 1 atom stereocenters. The van der Waals surface area contributed by atoms with Gasteiger partial charge in [-0.25, -0.2) is 4.98 Å². The maximum atomic E-state index is 12.8. The van der Waals surface area contributed by atoms with Crippen LogP contribution in [0.5, 0.6) is 11.5 Å². The topological polar surface area (TPSA) is 98.1 Å². The molecule has 3 heterocycles. The van der Waals surface area contributed by atoms with Crippen molar-refractivity contribution in [1.82, 2.24) is 19.9 Å². The van der Waals surface area contributed by atoms with Crippen LogP contribution >= 0.6 is 11.3 Å². The van der Waals surface area contributed by atoms with Gasteiger partial charge >= 0.3 is 0 Å². The summed E-state index contributed by atoms with van der Waals surface area (Å²) < 4.78 is 12.0. The highest BCUT2D eigenvalue weighted by molar-refractivity contribution is 7.20. The van der Waals surface area contributed by atoms with E-state index in [1.54, 1.807) is 21.1 Å². The van der Waals surface area contributed by atoms with Crippen LogP contribution in [-0.4, -0.2) is 54.4 Å². The molecule has 1 fully saturated rings. The molecule has 9 nitrogen and oxygen atoms in total. The van der Waals surface area contributed by atoms with E-state index < -0.39 is 0 Å². The minimum atomic E-state index is -0.186. The van der Waals surface area contributed by atoms with Crippen molar-refractivity contribution in [2.45, 2.75) is 26.2 Å². The number of aryl methyl sites for hydroxylation is 1. The zero-order valence-electron chi connectivity index (χ0n) is 18.5. The lowest BCUT2D eigenvalue weighted by Gasteiger charge is -2.31. The predicted octanol–water partition coefficient (Wildman–Crippen LogP) is 2.05. The second kappa shape index (κ2) is 9.56. The summed E-state index contributed by atoms with van der Waals surface area (Å²) in [5.41, 5.74) is 1.48. The van der Waals surface area contributed by atoms with Crippen molar-refractivity contribution in [3.8, 4) is 11.5 Å². The summed E-state index contributed by atoms with van der Waals surface area (Å²) in [5.74, 6) is 1.44. The molecule has 10 heteroatoms. The zero-order valence-corrected chi connectivity index (χ0v) is 19.3. The molecule has 0 unspecified atom stereocenters. The molecule has 1 N–H and O–H groups in total. The fourth-order valence-corrected chi connectivity index (χ4v) is 4.93. The number of hydrogen-bond acceptors (Lipinski definition) is 8. The summed E-state index contributed by atoms with van der Waals surface area (Å²) in [7, 11) is 3.26. The third kappa shape index (κ3) is 4.69. The number of fused-ring (bicyclic) bond motifs is 1. The quantitative estimate of drug-likeness (QED) is 0.580. The fraction of sp³-hybridized carbons (Fsp3) is 0.455. The van der Waals surface area contributed by atoms with E-state index in [9.17, 15) is 9.59 Å². The van der Waals surface area contributed by atoms with Crippen LogP contribution in [0.15, 0.2) is 29.1 Å². The number of hydrogen-bond donors (Lipinski definition) is 1. The summed E-state index contributed by atoms with van der Waals surface area (Å²) in [6.45, 7) is 3.68. The Kier molecular flexibility index (Phi) is 6.59. The lowest BCUT2D eigenvalue weighted by molar-refractivity contribution is -0.125. The van der Waals surface area contributed by atoms with Gasteiger partial charge in [-0.1, -0.05) is 11.3 Å². The van der Waals surface area contributed by atoms with E-state index in [2.05, 4.69) is 20.3 Å². The number of benzene rings is 1. The Hall–Kier alpha value is -3.14. The Morgan fingerprint density at radius 3 is 2.91 bits per heavy atom. The van der Waals surface area contributed by atoms with Gasteiger partial charge < -0.3 is 19.7 Å². The molecule has 0 aliphatic carbocycles. The Morgan fingerprint density at radius 2 is 2.12 bits per heavy atom. The SMILES string of the molecule is COc1ccc(OC)c(CCNC(=O)[C@H]2CCCN(c3nn4c(=O)cc(C)nc4s3)C2)c1. The van der Waals surface area contributed by atoms with Gasteiger partial charge in [-0.2, -0.15) is 4.52 Å². The molecule has 2 aromatic heterocycles. The Balaban J connectivity index is 1.38. The lowest BCUT2D eigenvalue weighted by atomic mass is 9.97. The fourth-order valence-electron chi connectivity index (χ4n) is 3.95. The van der Waals surface area contributed by atoms with Crippen molar-refractivity contribution < 1.29 is 14.3 Å². The van der Waals surface area contributed by atoms with Gasteiger partial charge in [-0.15, -0.1) is 5.10 Å². The number of carbonyl (C=O) groups excluding carboxylic acids is 1. The molecule has 0 bridgehead atoms. The molecule has 1 aliphatic rings. The van der Waals surface area contributed by atoms with Gasteiger partial charge in [0.15, 0.2) is 0 Å². The van der Waals surface area contributed by atoms with E-state index in [1.807, 2.05) is 18.2 Å². The second-order valence-corrected chi connectivity index (χ2v) is 8.75. The molecule has 170 valence electrons. The monoisotopic (exact) mass is 457 g/mol. The average molecular weight is 458 g/mol. The van der Waals surface area contributed by atoms with Crippen LogP contribution in [0.3, 0.4) is 0 Å². The maximum absolute atomic E-state index is 12.8. The molecule has 4 rings (SSSR count).